The summed E-state index contributed by atoms with van der Waals surface area (Å²) >= 11 is 1.56. The summed E-state index contributed by atoms with van der Waals surface area (Å²) in [6.45, 7) is 3.46. The largest absolute Gasteiger partial charge is 0.378 e. The second-order valence-electron chi connectivity index (χ2n) is 2.75. The van der Waals surface area contributed by atoms with Crippen molar-refractivity contribution in [3.05, 3.63) is 6.20 Å². The van der Waals surface area contributed by atoms with Gasteiger partial charge in [0.25, 0.3) is 0 Å². The summed E-state index contributed by atoms with van der Waals surface area (Å²) in [5.41, 5.74) is 2.54. The normalized spacial score (nSPS) is 17.5. The fourth-order valence-electron chi connectivity index (χ4n) is 1.26. The van der Waals surface area contributed by atoms with E-state index in [4.69, 9.17) is 10.6 Å². The molecule has 1 aliphatic heterocycles. The van der Waals surface area contributed by atoms with Gasteiger partial charge in [-0.25, -0.2) is 10.8 Å². The molecular formula is C7H12N4OS. The summed E-state index contributed by atoms with van der Waals surface area (Å²) in [6.07, 6.45) is 1.84. The second kappa shape index (κ2) is 3.91. The van der Waals surface area contributed by atoms with Crippen LogP contribution in [0.15, 0.2) is 6.20 Å². The molecule has 1 saturated heterocycles. The van der Waals surface area contributed by atoms with E-state index in [0.29, 0.717) is 0 Å². The van der Waals surface area contributed by atoms with Crippen LogP contribution in [0.1, 0.15) is 0 Å². The number of nitrogens with one attached hydrogen (secondary N) is 1. The van der Waals surface area contributed by atoms with Gasteiger partial charge in [0.15, 0.2) is 5.13 Å². The molecule has 2 rings (SSSR count). The van der Waals surface area contributed by atoms with Crippen LogP contribution in [-0.2, 0) is 4.74 Å². The number of hydrogen-bond donors (Lipinski definition) is 2. The minimum Gasteiger partial charge on any atom is -0.378 e. The molecule has 0 unspecified atom stereocenters. The predicted octanol–water partition coefficient (Wildman–Crippen LogP) is 0.265. The first-order chi connectivity index (χ1) is 6.40. The van der Waals surface area contributed by atoms with E-state index in [1.165, 1.54) is 0 Å². The molecule has 0 spiro atoms. The fourth-order valence-corrected chi connectivity index (χ4v) is 2.04. The van der Waals surface area contributed by atoms with E-state index >= 15 is 0 Å². The lowest BCUT2D eigenvalue weighted by Crippen LogP contribution is -2.35. The number of nitrogens with two attached hydrogens (primary N) is 1. The van der Waals surface area contributed by atoms with Crippen molar-refractivity contribution in [3.63, 3.8) is 0 Å². The van der Waals surface area contributed by atoms with Gasteiger partial charge in [0.1, 0.15) is 5.00 Å². The molecule has 3 N–H and O–H groups in total. The van der Waals surface area contributed by atoms with Gasteiger partial charge in [-0.15, -0.1) is 0 Å². The minimum atomic E-state index is 0.751. The van der Waals surface area contributed by atoms with Crippen molar-refractivity contribution < 1.29 is 4.74 Å². The SMILES string of the molecule is NNc1ncc(N2CCOCC2)s1. The van der Waals surface area contributed by atoms with Crippen LogP contribution in [0.4, 0.5) is 10.1 Å². The van der Waals surface area contributed by atoms with Gasteiger partial charge < -0.3 is 9.64 Å². The topological polar surface area (TPSA) is 63.4 Å². The number of nitrogens with zero attached hydrogens (tertiary/aromatic N) is 2. The van der Waals surface area contributed by atoms with E-state index < -0.39 is 0 Å². The zero-order valence-electron chi connectivity index (χ0n) is 7.19. The van der Waals surface area contributed by atoms with Crippen LogP contribution < -0.4 is 16.2 Å². The van der Waals surface area contributed by atoms with Crippen LogP contribution >= 0.6 is 11.3 Å². The molecule has 6 heteroatoms. The first-order valence-electron chi connectivity index (χ1n) is 4.15. The van der Waals surface area contributed by atoms with Gasteiger partial charge in [-0.1, -0.05) is 11.3 Å². The molecule has 0 radical (unpaired) electrons. The third-order valence-electron chi connectivity index (χ3n) is 1.94. The van der Waals surface area contributed by atoms with E-state index in [1.807, 2.05) is 6.20 Å². The molecule has 72 valence electrons. The number of nitrogen functional groups attached to an aromatic ring is 1. The third kappa shape index (κ3) is 1.90. The van der Waals surface area contributed by atoms with Crippen molar-refractivity contribution in [2.24, 2.45) is 5.84 Å². The molecule has 0 bridgehead atoms. The third-order valence-corrected chi connectivity index (χ3v) is 2.93. The molecular weight excluding hydrogens is 188 g/mol. The number of hydrazine groups is 1. The molecule has 1 aromatic heterocycles. The molecule has 0 aromatic carbocycles. The highest BCUT2D eigenvalue weighted by atomic mass is 32.1. The Balaban J connectivity index is 2.05. The summed E-state index contributed by atoms with van der Waals surface area (Å²) in [5.74, 6) is 5.25. The predicted molar refractivity (Wildman–Crippen MR) is 53.0 cm³/mol. The summed E-state index contributed by atoms with van der Waals surface area (Å²) in [6, 6.07) is 0. The van der Waals surface area contributed by atoms with Gasteiger partial charge in [0.2, 0.25) is 0 Å². The lowest BCUT2D eigenvalue weighted by Gasteiger charge is -2.26. The Morgan fingerprint density at radius 2 is 2.31 bits per heavy atom. The molecule has 0 amide bonds. The first-order valence-corrected chi connectivity index (χ1v) is 4.97. The molecule has 1 fully saturated rings. The van der Waals surface area contributed by atoms with Gasteiger partial charge in [-0.2, -0.15) is 0 Å². The standard InChI is InChI=1S/C7H12N4OS/c8-10-7-9-5-6(13-7)11-1-3-12-4-2-11/h5H,1-4,8H2,(H,9,10). The molecule has 13 heavy (non-hydrogen) atoms. The van der Waals surface area contributed by atoms with Gasteiger partial charge >= 0.3 is 0 Å². The number of ether oxygens (including phenoxy) is 1. The number of thiazole rings is 1. The van der Waals surface area contributed by atoms with E-state index in [2.05, 4.69) is 15.3 Å². The highest BCUT2D eigenvalue weighted by Crippen LogP contribution is 2.26. The smallest absolute Gasteiger partial charge is 0.198 e. The first kappa shape index (κ1) is 8.74. The van der Waals surface area contributed by atoms with E-state index in [-0.39, 0.29) is 0 Å². The van der Waals surface area contributed by atoms with Crippen LogP contribution in [-0.4, -0.2) is 31.3 Å². The molecule has 0 saturated carbocycles. The maximum absolute atomic E-state index is 5.26. The molecule has 1 aromatic rings. The summed E-state index contributed by atoms with van der Waals surface area (Å²) in [5, 5.41) is 1.90. The Bertz CT molecular complexity index is 271. The van der Waals surface area contributed by atoms with E-state index in [9.17, 15) is 0 Å². The van der Waals surface area contributed by atoms with Crippen molar-refractivity contribution in [1.82, 2.24) is 4.98 Å². The van der Waals surface area contributed by atoms with Crippen LogP contribution in [0.2, 0.25) is 0 Å². The quantitative estimate of drug-likeness (QED) is 0.530. The van der Waals surface area contributed by atoms with Crippen LogP contribution in [0.25, 0.3) is 0 Å². The molecule has 1 aliphatic rings. The Hall–Kier alpha value is -0.850. The maximum atomic E-state index is 5.26. The Morgan fingerprint density at radius 3 is 2.92 bits per heavy atom. The lowest BCUT2D eigenvalue weighted by atomic mass is 10.4. The van der Waals surface area contributed by atoms with Gasteiger partial charge in [-0.3, -0.25) is 5.43 Å². The molecule has 0 atom stereocenters. The van der Waals surface area contributed by atoms with Crippen LogP contribution in [0, 0.1) is 0 Å². The maximum Gasteiger partial charge on any atom is 0.198 e. The van der Waals surface area contributed by atoms with Crippen molar-refractivity contribution in [1.29, 1.82) is 0 Å². The van der Waals surface area contributed by atoms with Crippen molar-refractivity contribution in [2.45, 2.75) is 0 Å². The monoisotopic (exact) mass is 200 g/mol. The number of anilines is 2. The summed E-state index contributed by atoms with van der Waals surface area (Å²) < 4.78 is 5.26. The zero-order valence-corrected chi connectivity index (χ0v) is 8.01. The second-order valence-corrected chi connectivity index (χ2v) is 3.76. The minimum absolute atomic E-state index is 0.751. The highest BCUT2D eigenvalue weighted by Gasteiger charge is 2.13. The fraction of sp³-hybridized carbons (Fsp3) is 0.571. The van der Waals surface area contributed by atoms with Crippen molar-refractivity contribution in [3.8, 4) is 0 Å². The van der Waals surface area contributed by atoms with Crippen molar-refractivity contribution >= 4 is 21.5 Å². The van der Waals surface area contributed by atoms with E-state index in [1.54, 1.807) is 11.3 Å². The van der Waals surface area contributed by atoms with Gasteiger partial charge in [0.05, 0.1) is 19.4 Å². The number of morpholine rings is 1. The molecule has 0 aliphatic carbocycles. The Kier molecular flexibility index (Phi) is 2.62. The lowest BCUT2D eigenvalue weighted by molar-refractivity contribution is 0.123. The molecule has 5 nitrogen and oxygen atoms in total. The number of rotatable bonds is 2. The Labute approximate surface area is 80.5 Å². The summed E-state index contributed by atoms with van der Waals surface area (Å²) in [4.78, 5) is 6.36. The van der Waals surface area contributed by atoms with Gasteiger partial charge in [-0.05, 0) is 0 Å². The van der Waals surface area contributed by atoms with E-state index in [0.717, 1.165) is 36.4 Å². The van der Waals surface area contributed by atoms with Crippen LogP contribution in [0.5, 0.6) is 0 Å². The van der Waals surface area contributed by atoms with Crippen molar-refractivity contribution in [2.75, 3.05) is 36.6 Å². The average molecular weight is 200 g/mol. The Morgan fingerprint density at radius 1 is 1.54 bits per heavy atom. The van der Waals surface area contributed by atoms with Crippen LogP contribution in [0.3, 0.4) is 0 Å². The highest BCUT2D eigenvalue weighted by molar-refractivity contribution is 7.19. The van der Waals surface area contributed by atoms with Gasteiger partial charge in [0, 0.05) is 13.1 Å². The number of hydrogen-bond acceptors (Lipinski definition) is 6. The summed E-state index contributed by atoms with van der Waals surface area (Å²) in [7, 11) is 0. The number of aromatic nitrogens is 1. The average Bonchev–Trinajstić information content (AvgIpc) is 2.67. The zero-order chi connectivity index (χ0) is 9.10. The molecule has 2 heterocycles.